The van der Waals surface area contributed by atoms with Crippen LogP contribution in [0.5, 0.6) is 5.75 Å². The van der Waals surface area contributed by atoms with E-state index in [1.54, 1.807) is 7.11 Å². The molecule has 0 radical (unpaired) electrons. The minimum atomic E-state index is 0.669. The molecule has 1 aliphatic rings. The maximum absolute atomic E-state index is 6.16. The van der Waals surface area contributed by atoms with Crippen LogP contribution in [0, 0.1) is 0 Å². The fraction of sp³-hybridized carbons (Fsp3) is 0.111. The van der Waals surface area contributed by atoms with E-state index in [4.69, 9.17) is 10.5 Å². The van der Waals surface area contributed by atoms with Crippen LogP contribution in [0.1, 0.15) is 5.56 Å². The van der Waals surface area contributed by atoms with Gasteiger partial charge in [0.1, 0.15) is 11.6 Å². The summed E-state index contributed by atoms with van der Waals surface area (Å²) >= 11 is 0. The molecule has 0 bridgehead atoms. The van der Waals surface area contributed by atoms with E-state index in [9.17, 15) is 0 Å². The van der Waals surface area contributed by atoms with E-state index in [0.29, 0.717) is 5.82 Å². The Balaban J connectivity index is 1.90. The predicted molar refractivity (Wildman–Crippen MR) is 89.1 cm³/mol. The highest BCUT2D eigenvalue weighted by atomic mass is 16.5. The molecule has 0 spiro atoms. The van der Waals surface area contributed by atoms with Gasteiger partial charge < -0.3 is 20.7 Å². The summed E-state index contributed by atoms with van der Waals surface area (Å²) in [5, 5.41) is 3.09. The molecule has 0 atom stereocenters. The number of allylic oxidation sites excluding steroid dienone is 1. The van der Waals surface area contributed by atoms with Gasteiger partial charge in [0, 0.05) is 24.5 Å². The lowest BCUT2D eigenvalue weighted by Gasteiger charge is -2.29. The van der Waals surface area contributed by atoms with Crippen molar-refractivity contribution < 1.29 is 4.74 Å². The van der Waals surface area contributed by atoms with Gasteiger partial charge in [-0.15, -0.1) is 0 Å². The van der Waals surface area contributed by atoms with E-state index in [1.165, 1.54) is 5.56 Å². The van der Waals surface area contributed by atoms with E-state index in [0.717, 1.165) is 23.6 Å². The average Bonchev–Trinajstić information content (AvgIpc) is 2.58. The van der Waals surface area contributed by atoms with Crippen molar-refractivity contribution in [3.05, 3.63) is 84.1 Å². The molecule has 0 fully saturated rings. The lowest BCUT2D eigenvalue weighted by atomic mass is 10.1. The minimum Gasteiger partial charge on any atom is -0.497 e. The number of rotatable bonds is 4. The summed E-state index contributed by atoms with van der Waals surface area (Å²) < 4.78 is 5.21. The van der Waals surface area contributed by atoms with Crippen LogP contribution >= 0.6 is 0 Å². The van der Waals surface area contributed by atoms with Crippen LogP contribution in [-0.4, -0.2) is 7.11 Å². The van der Waals surface area contributed by atoms with Gasteiger partial charge in [0.25, 0.3) is 0 Å². The molecule has 0 aromatic heterocycles. The molecule has 3 rings (SSSR count). The van der Waals surface area contributed by atoms with Crippen molar-refractivity contribution in [3.63, 3.8) is 0 Å². The van der Waals surface area contributed by atoms with Gasteiger partial charge >= 0.3 is 0 Å². The van der Waals surface area contributed by atoms with Crippen LogP contribution in [0.25, 0.3) is 0 Å². The number of nitrogens with one attached hydrogen (secondary N) is 1. The van der Waals surface area contributed by atoms with Crippen molar-refractivity contribution >= 4 is 5.69 Å². The lowest BCUT2D eigenvalue weighted by molar-refractivity contribution is 0.415. The van der Waals surface area contributed by atoms with Crippen LogP contribution < -0.4 is 20.7 Å². The second-order valence-electron chi connectivity index (χ2n) is 5.05. The van der Waals surface area contributed by atoms with E-state index < -0.39 is 0 Å². The first-order valence-electron chi connectivity index (χ1n) is 7.17. The maximum Gasteiger partial charge on any atom is 0.121 e. The Morgan fingerprint density at radius 2 is 1.77 bits per heavy atom. The number of nitrogens with zero attached hydrogens (tertiary/aromatic N) is 1. The topological polar surface area (TPSA) is 50.5 Å². The number of methoxy groups -OCH3 is 1. The predicted octanol–water partition coefficient (Wildman–Crippen LogP) is 2.95. The maximum atomic E-state index is 6.16. The molecule has 2 aromatic carbocycles. The van der Waals surface area contributed by atoms with E-state index >= 15 is 0 Å². The highest BCUT2D eigenvalue weighted by Crippen LogP contribution is 2.26. The van der Waals surface area contributed by atoms with Crippen molar-refractivity contribution in [2.75, 3.05) is 12.0 Å². The Morgan fingerprint density at radius 1 is 1.05 bits per heavy atom. The molecule has 0 amide bonds. The smallest absolute Gasteiger partial charge is 0.121 e. The lowest BCUT2D eigenvalue weighted by Crippen LogP contribution is -2.31. The summed E-state index contributed by atoms with van der Waals surface area (Å²) in [5.41, 5.74) is 9.46. The normalized spacial score (nSPS) is 14.0. The largest absolute Gasteiger partial charge is 0.497 e. The van der Waals surface area contributed by atoms with Gasteiger partial charge in [0.2, 0.25) is 0 Å². The second-order valence-corrected chi connectivity index (χ2v) is 5.05. The van der Waals surface area contributed by atoms with Crippen LogP contribution in [0.2, 0.25) is 0 Å². The van der Waals surface area contributed by atoms with Gasteiger partial charge in [-0.25, -0.2) is 0 Å². The van der Waals surface area contributed by atoms with E-state index in [1.807, 2.05) is 54.9 Å². The molecule has 2 aromatic rings. The van der Waals surface area contributed by atoms with Crippen molar-refractivity contribution in [2.45, 2.75) is 6.42 Å². The molecule has 0 saturated carbocycles. The van der Waals surface area contributed by atoms with Crippen molar-refractivity contribution in [1.82, 2.24) is 5.32 Å². The van der Waals surface area contributed by atoms with Gasteiger partial charge in [-0.2, -0.15) is 0 Å². The van der Waals surface area contributed by atoms with Crippen LogP contribution in [0.4, 0.5) is 5.69 Å². The van der Waals surface area contributed by atoms with Crippen LogP contribution in [0.15, 0.2) is 78.5 Å². The van der Waals surface area contributed by atoms with Crippen LogP contribution in [-0.2, 0) is 6.42 Å². The molecular formula is C18H19N3O. The molecule has 4 heteroatoms. The fourth-order valence-electron chi connectivity index (χ4n) is 2.46. The molecule has 22 heavy (non-hydrogen) atoms. The number of anilines is 1. The molecular weight excluding hydrogens is 274 g/mol. The monoisotopic (exact) mass is 293 g/mol. The first kappa shape index (κ1) is 14.1. The third-order valence-corrected chi connectivity index (χ3v) is 3.63. The summed E-state index contributed by atoms with van der Waals surface area (Å²) in [6, 6.07) is 18.2. The molecule has 4 nitrogen and oxygen atoms in total. The standard InChI is InChI=1S/C18H19N3O/c1-22-16-9-7-15(8-10-16)21-12-11-20-18(19)17(21)13-14-5-3-2-4-6-14/h2-12,20H,13,19H2,1H3. The zero-order valence-corrected chi connectivity index (χ0v) is 12.5. The van der Waals surface area contributed by atoms with Gasteiger partial charge in [0.05, 0.1) is 12.8 Å². The zero-order chi connectivity index (χ0) is 15.4. The first-order chi connectivity index (χ1) is 10.8. The Bertz CT molecular complexity index is 690. The summed E-state index contributed by atoms with van der Waals surface area (Å²) in [5.74, 6) is 1.51. The Kier molecular flexibility index (Phi) is 4.01. The van der Waals surface area contributed by atoms with E-state index in [2.05, 4.69) is 22.3 Å². The average molecular weight is 293 g/mol. The number of nitrogens with two attached hydrogens (primary N) is 1. The van der Waals surface area contributed by atoms with Gasteiger partial charge in [-0.1, -0.05) is 30.3 Å². The van der Waals surface area contributed by atoms with Crippen molar-refractivity contribution in [2.24, 2.45) is 5.73 Å². The molecule has 112 valence electrons. The summed E-state index contributed by atoms with van der Waals surface area (Å²) in [6.45, 7) is 0. The van der Waals surface area contributed by atoms with Crippen molar-refractivity contribution in [1.29, 1.82) is 0 Å². The number of hydrogen-bond acceptors (Lipinski definition) is 4. The van der Waals surface area contributed by atoms with Gasteiger partial charge in [-0.3, -0.25) is 0 Å². The van der Waals surface area contributed by atoms with Crippen LogP contribution in [0.3, 0.4) is 0 Å². The number of ether oxygens (including phenoxy) is 1. The Hall–Kier alpha value is -2.88. The highest BCUT2D eigenvalue weighted by Gasteiger charge is 2.17. The number of hydrogen-bond donors (Lipinski definition) is 2. The molecule has 1 aliphatic heterocycles. The quantitative estimate of drug-likeness (QED) is 0.910. The molecule has 0 saturated heterocycles. The SMILES string of the molecule is COc1ccc(N2C=CNC(N)=C2Cc2ccccc2)cc1. The molecule has 0 aliphatic carbocycles. The number of benzene rings is 2. The van der Waals surface area contributed by atoms with E-state index in [-0.39, 0.29) is 0 Å². The first-order valence-corrected chi connectivity index (χ1v) is 7.17. The third kappa shape index (κ3) is 2.91. The third-order valence-electron chi connectivity index (χ3n) is 3.63. The molecule has 0 unspecified atom stereocenters. The molecule has 1 heterocycles. The summed E-state index contributed by atoms with van der Waals surface area (Å²) in [6.07, 6.45) is 4.58. The van der Waals surface area contributed by atoms with Gasteiger partial charge in [-0.05, 0) is 29.8 Å². The Morgan fingerprint density at radius 3 is 2.45 bits per heavy atom. The highest BCUT2D eigenvalue weighted by molar-refractivity contribution is 5.59. The molecule has 3 N–H and O–H groups in total. The zero-order valence-electron chi connectivity index (χ0n) is 12.5. The fourth-order valence-corrected chi connectivity index (χ4v) is 2.46. The Labute approximate surface area is 130 Å². The summed E-state index contributed by atoms with van der Waals surface area (Å²) in [7, 11) is 1.67. The summed E-state index contributed by atoms with van der Waals surface area (Å²) in [4.78, 5) is 2.10. The second kappa shape index (κ2) is 6.26. The van der Waals surface area contributed by atoms with Crippen molar-refractivity contribution in [3.8, 4) is 5.75 Å². The minimum absolute atomic E-state index is 0.669. The van der Waals surface area contributed by atoms with Gasteiger partial charge in [0.15, 0.2) is 0 Å².